The molecule has 0 aliphatic heterocycles. The van der Waals surface area contributed by atoms with Crippen LogP contribution >= 0.6 is 15.9 Å². The molecule has 0 fully saturated rings. The Morgan fingerprint density at radius 3 is 2.27 bits per heavy atom. The number of hydrogen-bond acceptors (Lipinski definition) is 2. The summed E-state index contributed by atoms with van der Waals surface area (Å²) in [5, 5.41) is 11.6. The number of carboxylic acids is 1. The van der Waals surface area contributed by atoms with Gasteiger partial charge in [-0.3, -0.25) is 9.59 Å². The summed E-state index contributed by atoms with van der Waals surface area (Å²) in [6.07, 6.45) is 0.544. The van der Waals surface area contributed by atoms with Gasteiger partial charge in [-0.2, -0.15) is 0 Å². The number of carbonyl (C=O) groups is 2. The van der Waals surface area contributed by atoms with E-state index < -0.39 is 11.9 Å². The number of halogens is 1. The lowest BCUT2D eigenvalue weighted by molar-refractivity contribution is -0.142. The van der Waals surface area contributed by atoms with Crippen molar-refractivity contribution in [2.75, 3.05) is 6.54 Å². The third-order valence-corrected chi connectivity index (χ3v) is 3.15. The van der Waals surface area contributed by atoms with Crippen molar-refractivity contribution >= 4 is 27.8 Å². The number of carbonyl (C=O) groups excluding carboxylic acids is 1. The number of carboxylic acid groups (broad SMARTS) is 1. The number of alkyl halides is 1. The molecule has 0 rings (SSSR count). The van der Waals surface area contributed by atoms with Crippen LogP contribution < -0.4 is 5.32 Å². The highest BCUT2D eigenvalue weighted by Crippen LogP contribution is 2.16. The van der Waals surface area contributed by atoms with Crippen LogP contribution in [0.25, 0.3) is 0 Å². The van der Waals surface area contributed by atoms with Crippen LogP contribution in [0.3, 0.4) is 0 Å². The van der Waals surface area contributed by atoms with Crippen molar-refractivity contribution in [3.8, 4) is 0 Å². The van der Waals surface area contributed by atoms with Crippen LogP contribution in [-0.4, -0.2) is 28.4 Å². The van der Waals surface area contributed by atoms with Gasteiger partial charge in [-0.1, -0.05) is 36.7 Å². The molecule has 0 radical (unpaired) electrons. The SMILES string of the molecule is CCC(C(=O)O)C(Br)CNC(=O)C(C)C. The van der Waals surface area contributed by atoms with E-state index in [1.165, 1.54) is 0 Å². The Morgan fingerprint density at radius 2 is 1.93 bits per heavy atom. The molecule has 88 valence electrons. The molecule has 5 heteroatoms. The fourth-order valence-electron chi connectivity index (χ4n) is 1.13. The molecule has 0 saturated heterocycles. The van der Waals surface area contributed by atoms with E-state index in [9.17, 15) is 9.59 Å². The van der Waals surface area contributed by atoms with Crippen molar-refractivity contribution in [3.63, 3.8) is 0 Å². The predicted octanol–water partition coefficient (Wildman–Crippen LogP) is 1.63. The van der Waals surface area contributed by atoms with Crippen LogP contribution in [0, 0.1) is 11.8 Å². The van der Waals surface area contributed by atoms with E-state index in [-0.39, 0.29) is 16.7 Å². The molecule has 0 aliphatic rings. The lowest BCUT2D eigenvalue weighted by Gasteiger charge is -2.18. The van der Waals surface area contributed by atoms with E-state index in [2.05, 4.69) is 21.2 Å². The molecule has 0 bridgehead atoms. The Balaban J connectivity index is 4.07. The second-order valence-electron chi connectivity index (χ2n) is 3.77. The van der Waals surface area contributed by atoms with E-state index in [1.54, 1.807) is 13.8 Å². The van der Waals surface area contributed by atoms with Gasteiger partial charge in [0.05, 0.1) is 5.92 Å². The van der Waals surface area contributed by atoms with E-state index in [1.807, 2.05) is 6.92 Å². The van der Waals surface area contributed by atoms with Crippen LogP contribution in [0.4, 0.5) is 0 Å². The van der Waals surface area contributed by atoms with E-state index in [0.717, 1.165) is 0 Å². The summed E-state index contributed by atoms with van der Waals surface area (Å²) in [4.78, 5) is 21.8. The molecule has 0 aromatic heterocycles. The summed E-state index contributed by atoms with van der Waals surface area (Å²) >= 11 is 3.29. The monoisotopic (exact) mass is 279 g/mol. The molecule has 0 aromatic carbocycles. The summed E-state index contributed by atoms with van der Waals surface area (Å²) in [6.45, 7) is 5.76. The first-order valence-corrected chi connectivity index (χ1v) is 5.96. The molecule has 0 aromatic rings. The van der Waals surface area contributed by atoms with Crippen LogP contribution in [-0.2, 0) is 9.59 Å². The second-order valence-corrected chi connectivity index (χ2v) is 4.94. The summed E-state index contributed by atoms with van der Waals surface area (Å²) in [6, 6.07) is 0. The molecule has 0 heterocycles. The number of nitrogens with one attached hydrogen (secondary N) is 1. The van der Waals surface area contributed by atoms with E-state index >= 15 is 0 Å². The van der Waals surface area contributed by atoms with Crippen LogP contribution in [0.1, 0.15) is 27.2 Å². The quantitative estimate of drug-likeness (QED) is 0.727. The van der Waals surface area contributed by atoms with Crippen molar-refractivity contribution in [2.24, 2.45) is 11.8 Å². The minimum absolute atomic E-state index is 0.0558. The minimum Gasteiger partial charge on any atom is -0.481 e. The Bertz CT molecular complexity index is 231. The largest absolute Gasteiger partial charge is 0.481 e. The summed E-state index contributed by atoms with van der Waals surface area (Å²) in [5.74, 6) is -1.43. The second kappa shape index (κ2) is 6.82. The third-order valence-electron chi connectivity index (χ3n) is 2.19. The zero-order valence-corrected chi connectivity index (χ0v) is 10.9. The van der Waals surface area contributed by atoms with Gasteiger partial charge in [-0.25, -0.2) is 0 Å². The first kappa shape index (κ1) is 14.4. The molecule has 2 atom stereocenters. The van der Waals surface area contributed by atoms with Crippen LogP contribution in [0.2, 0.25) is 0 Å². The van der Waals surface area contributed by atoms with Gasteiger partial charge >= 0.3 is 5.97 Å². The van der Waals surface area contributed by atoms with Gasteiger partial charge in [0.15, 0.2) is 0 Å². The van der Waals surface area contributed by atoms with E-state index in [0.29, 0.717) is 13.0 Å². The molecule has 0 spiro atoms. The van der Waals surface area contributed by atoms with Gasteiger partial charge < -0.3 is 10.4 Å². The van der Waals surface area contributed by atoms with Gasteiger partial charge in [0, 0.05) is 17.3 Å². The molecule has 0 aliphatic carbocycles. The highest BCUT2D eigenvalue weighted by atomic mass is 79.9. The average molecular weight is 280 g/mol. The first-order chi connectivity index (χ1) is 6.90. The summed E-state index contributed by atoms with van der Waals surface area (Å²) in [7, 11) is 0. The molecule has 1 amide bonds. The Morgan fingerprint density at radius 1 is 1.40 bits per heavy atom. The standard InChI is InChI=1S/C10H18BrNO3/c1-4-7(10(14)15)8(11)5-12-9(13)6(2)3/h6-8H,4-5H2,1-3H3,(H,12,13)(H,14,15). The average Bonchev–Trinajstić information content (AvgIpc) is 2.14. The molecule has 2 N–H and O–H groups in total. The highest BCUT2D eigenvalue weighted by molar-refractivity contribution is 9.09. The Labute approximate surface area is 98.6 Å². The number of aliphatic carboxylic acids is 1. The van der Waals surface area contributed by atoms with Crippen molar-refractivity contribution in [1.29, 1.82) is 0 Å². The predicted molar refractivity (Wildman–Crippen MR) is 62.0 cm³/mol. The highest BCUT2D eigenvalue weighted by Gasteiger charge is 2.24. The normalized spacial score (nSPS) is 14.7. The first-order valence-electron chi connectivity index (χ1n) is 5.04. The van der Waals surface area contributed by atoms with Gasteiger partial charge in [0.25, 0.3) is 0 Å². The Kier molecular flexibility index (Phi) is 6.56. The molecule has 2 unspecified atom stereocenters. The maximum Gasteiger partial charge on any atom is 0.307 e. The fraction of sp³-hybridized carbons (Fsp3) is 0.800. The lowest BCUT2D eigenvalue weighted by atomic mass is 10.0. The molecule has 4 nitrogen and oxygen atoms in total. The zero-order valence-electron chi connectivity index (χ0n) is 9.29. The van der Waals surface area contributed by atoms with Crippen molar-refractivity contribution in [2.45, 2.75) is 32.0 Å². The zero-order chi connectivity index (χ0) is 12.0. The lowest BCUT2D eigenvalue weighted by Crippen LogP contribution is -2.37. The van der Waals surface area contributed by atoms with Crippen LogP contribution in [0.5, 0.6) is 0 Å². The summed E-state index contributed by atoms with van der Waals surface area (Å²) in [5.41, 5.74) is 0. The van der Waals surface area contributed by atoms with Crippen LogP contribution in [0.15, 0.2) is 0 Å². The minimum atomic E-state index is -0.835. The van der Waals surface area contributed by atoms with E-state index in [4.69, 9.17) is 5.11 Å². The summed E-state index contributed by atoms with van der Waals surface area (Å²) < 4.78 is 0. The number of rotatable bonds is 6. The van der Waals surface area contributed by atoms with Crippen molar-refractivity contribution < 1.29 is 14.7 Å². The Hall–Kier alpha value is -0.580. The van der Waals surface area contributed by atoms with Crippen molar-refractivity contribution in [1.82, 2.24) is 5.32 Å². The van der Waals surface area contributed by atoms with Gasteiger partial charge in [-0.05, 0) is 6.42 Å². The van der Waals surface area contributed by atoms with Crippen molar-refractivity contribution in [3.05, 3.63) is 0 Å². The molecule has 15 heavy (non-hydrogen) atoms. The molecular formula is C10H18BrNO3. The number of hydrogen-bond donors (Lipinski definition) is 2. The molecular weight excluding hydrogens is 262 g/mol. The van der Waals surface area contributed by atoms with Gasteiger partial charge in [0.1, 0.15) is 0 Å². The van der Waals surface area contributed by atoms with Gasteiger partial charge in [-0.15, -0.1) is 0 Å². The maximum absolute atomic E-state index is 11.2. The smallest absolute Gasteiger partial charge is 0.307 e. The van der Waals surface area contributed by atoms with Gasteiger partial charge in [0.2, 0.25) is 5.91 Å². The third kappa shape index (κ3) is 5.16. The maximum atomic E-state index is 11.2. The fourth-order valence-corrected chi connectivity index (χ4v) is 1.89. The molecule has 0 saturated carbocycles. The topological polar surface area (TPSA) is 66.4 Å². The number of amides is 1.